The quantitative estimate of drug-likeness (QED) is 0.857. The third-order valence-corrected chi connectivity index (χ3v) is 3.87. The Morgan fingerprint density at radius 2 is 2.04 bits per heavy atom. The largest absolute Gasteiger partial charge is 0.449 e. The van der Waals surface area contributed by atoms with Crippen molar-refractivity contribution in [3.8, 4) is 0 Å². The van der Waals surface area contributed by atoms with Crippen LogP contribution in [-0.4, -0.2) is 27.8 Å². The van der Waals surface area contributed by atoms with E-state index in [0.29, 0.717) is 11.4 Å². The van der Waals surface area contributed by atoms with Gasteiger partial charge >= 0.3 is 5.97 Å². The van der Waals surface area contributed by atoms with Gasteiger partial charge in [0.05, 0.1) is 27.7 Å². The van der Waals surface area contributed by atoms with Crippen molar-refractivity contribution in [2.45, 2.75) is 26.9 Å². The van der Waals surface area contributed by atoms with E-state index in [1.807, 2.05) is 6.92 Å². The van der Waals surface area contributed by atoms with Gasteiger partial charge in [-0.2, -0.15) is 5.10 Å². The fourth-order valence-electron chi connectivity index (χ4n) is 2.11. The van der Waals surface area contributed by atoms with Gasteiger partial charge in [0.15, 0.2) is 6.10 Å². The summed E-state index contributed by atoms with van der Waals surface area (Å²) in [5.74, 6) is -1.87. The number of amides is 1. The van der Waals surface area contributed by atoms with Gasteiger partial charge in [0.1, 0.15) is 5.82 Å². The minimum atomic E-state index is -1.06. The van der Waals surface area contributed by atoms with E-state index >= 15 is 0 Å². The standard InChI is InChI=1S/C16H17ClFN3O3/c1-8-14(9(2)21(4)20-8)19-15(22)10(3)24-16(23)12-6-5-11(18)7-13(12)17/h5-7,10H,1-4H3,(H,19,22)/t10-/m0/s1. The summed E-state index contributed by atoms with van der Waals surface area (Å²) in [6.07, 6.45) is -1.06. The summed E-state index contributed by atoms with van der Waals surface area (Å²) in [5, 5.41) is 6.80. The SMILES string of the molecule is Cc1nn(C)c(C)c1NC(=O)[C@H](C)OC(=O)c1ccc(F)cc1Cl. The minimum Gasteiger partial charge on any atom is -0.449 e. The third-order valence-electron chi connectivity index (χ3n) is 3.56. The van der Waals surface area contributed by atoms with Crippen molar-refractivity contribution < 1.29 is 18.7 Å². The molecule has 1 aromatic carbocycles. The van der Waals surface area contributed by atoms with Gasteiger partial charge in [-0.3, -0.25) is 9.48 Å². The van der Waals surface area contributed by atoms with Gasteiger partial charge in [0, 0.05) is 7.05 Å². The molecule has 24 heavy (non-hydrogen) atoms. The molecule has 0 saturated carbocycles. The molecular weight excluding hydrogens is 337 g/mol. The molecule has 128 valence electrons. The van der Waals surface area contributed by atoms with E-state index in [-0.39, 0.29) is 10.6 Å². The normalized spacial score (nSPS) is 11.9. The number of benzene rings is 1. The molecule has 0 radical (unpaired) electrons. The number of carbonyl (C=O) groups is 2. The molecule has 1 amide bonds. The summed E-state index contributed by atoms with van der Waals surface area (Å²) in [7, 11) is 1.76. The average molecular weight is 354 g/mol. The zero-order valence-corrected chi connectivity index (χ0v) is 14.4. The topological polar surface area (TPSA) is 73.2 Å². The Labute approximate surface area is 143 Å². The van der Waals surface area contributed by atoms with Crippen LogP contribution in [-0.2, 0) is 16.6 Å². The van der Waals surface area contributed by atoms with Crippen LogP contribution in [0.4, 0.5) is 10.1 Å². The summed E-state index contributed by atoms with van der Waals surface area (Å²) >= 11 is 5.81. The average Bonchev–Trinajstić information content (AvgIpc) is 2.73. The van der Waals surface area contributed by atoms with E-state index in [1.54, 1.807) is 18.7 Å². The lowest BCUT2D eigenvalue weighted by Crippen LogP contribution is -2.30. The van der Waals surface area contributed by atoms with Crippen molar-refractivity contribution in [1.82, 2.24) is 9.78 Å². The number of aromatic nitrogens is 2. The van der Waals surface area contributed by atoms with Crippen LogP contribution in [0.25, 0.3) is 0 Å². The highest BCUT2D eigenvalue weighted by Gasteiger charge is 2.22. The first kappa shape index (κ1) is 17.9. The minimum absolute atomic E-state index is 0.00791. The zero-order chi connectivity index (χ0) is 18.0. The first-order valence-electron chi connectivity index (χ1n) is 7.17. The van der Waals surface area contributed by atoms with Gasteiger partial charge in [0.2, 0.25) is 0 Å². The second-order valence-corrected chi connectivity index (χ2v) is 5.74. The molecule has 0 aliphatic heterocycles. The smallest absolute Gasteiger partial charge is 0.340 e. The lowest BCUT2D eigenvalue weighted by molar-refractivity contribution is -0.123. The highest BCUT2D eigenvalue weighted by molar-refractivity contribution is 6.33. The molecule has 8 heteroatoms. The van der Waals surface area contributed by atoms with Crippen molar-refractivity contribution in [2.75, 3.05) is 5.32 Å². The predicted octanol–water partition coefficient (Wildman–Crippen LogP) is 3.01. The molecule has 1 atom stereocenters. The number of carbonyl (C=O) groups excluding carboxylic acids is 2. The van der Waals surface area contributed by atoms with E-state index in [2.05, 4.69) is 10.4 Å². The summed E-state index contributed by atoms with van der Waals surface area (Å²) in [4.78, 5) is 24.3. The number of hydrogen-bond donors (Lipinski definition) is 1. The second-order valence-electron chi connectivity index (χ2n) is 5.33. The number of nitrogens with zero attached hydrogens (tertiary/aromatic N) is 2. The summed E-state index contributed by atoms with van der Waals surface area (Å²) in [5.41, 5.74) is 2.00. The summed E-state index contributed by atoms with van der Waals surface area (Å²) in [6, 6.07) is 3.31. The molecule has 0 aliphatic carbocycles. The molecule has 6 nitrogen and oxygen atoms in total. The summed E-state index contributed by atoms with van der Waals surface area (Å²) < 4.78 is 19.7. The molecule has 0 unspecified atom stereocenters. The molecule has 0 aliphatic rings. The van der Waals surface area contributed by atoms with Gasteiger partial charge in [-0.15, -0.1) is 0 Å². The molecule has 0 bridgehead atoms. The van der Waals surface area contributed by atoms with Crippen LogP contribution in [0, 0.1) is 19.7 Å². The van der Waals surface area contributed by atoms with E-state index in [1.165, 1.54) is 13.0 Å². The lowest BCUT2D eigenvalue weighted by atomic mass is 10.2. The number of nitrogens with one attached hydrogen (secondary N) is 1. The maximum Gasteiger partial charge on any atom is 0.340 e. The highest BCUT2D eigenvalue weighted by Crippen LogP contribution is 2.20. The Balaban J connectivity index is 2.07. The van der Waals surface area contributed by atoms with E-state index in [4.69, 9.17) is 16.3 Å². The lowest BCUT2D eigenvalue weighted by Gasteiger charge is -2.14. The van der Waals surface area contributed by atoms with E-state index in [9.17, 15) is 14.0 Å². The van der Waals surface area contributed by atoms with Crippen molar-refractivity contribution in [2.24, 2.45) is 7.05 Å². The predicted molar refractivity (Wildman–Crippen MR) is 87.6 cm³/mol. The molecular formula is C16H17ClFN3O3. The molecule has 1 aromatic heterocycles. The fourth-order valence-corrected chi connectivity index (χ4v) is 2.36. The summed E-state index contributed by atoms with van der Waals surface area (Å²) in [6.45, 7) is 5.01. The Morgan fingerprint density at radius 3 is 2.58 bits per heavy atom. The third kappa shape index (κ3) is 3.73. The second kappa shape index (κ2) is 7.00. The van der Waals surface area contributed by atoms with Crippen molar-refractivity contribution in [1.29, 1.82) is 0 Å². The van der Waals surface area contributed by atoms with Crippen LogP contribution in [0.3, 0.4) is 0 Å². The molecule has 1 heterocycles. The van der Waals surface area contributed by atoms with Crippen LogP contribution < -0.4 is 5.32 Å². The first-order valence-corrected chi connectivity index (χ1v) is 7.55. The Kier molecular flexibility index (Phi) is 5.23. The van der Waals surface area contributed by atoms with Crippen molar-refractivity contribution in [3.63, 3.8) is 0 Å². The van der Waals surface area contributed by atoms with Crippen LogP contribution in [0.2, 0.25) is 5.02 Å². The van der Waals surface area contributed by atoms with Gasteiger partial charge in [0.25, 0.3) is 5.91 Å². The number of anilines is 1. The van der Waals surface area contributed by atoms with E-state index < -0.39 is 23.8 Å². The Morgan fingerprint density at radius 1 is 1.38 bits per heavy atom. The number of rotatable bonds is 4. The van der Waals surface area contributed by atoms with Crippen LogP contribution in [0.5, 0.6) is 0 Å². The Bertz CT molecular complexity index is 804. The fraction of sp³-hybridized carbons (Fsp3) is 0.312. The monoisotopic (exact) mass is 353 g/mol. The molecule has 2 rings (SSSR count). The van der Waals surface area contributed by atoms with Gasteiger partial charge in [-0.1, -0.05) is 11.6 Å². The first-order chi connectivity index (χ1) is 11.2. The van der Waals surface area contributed by atoms with Crippen LogP contribution >= 0.6 is 11.6 Å². The number of esters is 1. The molecule has 0 fully saturated rings. The zero-order valence-electron chi connectivity index (χ0n) is 13.7. The van der Waals surface area contributed by atoms with E-state index in [0.717, 1.165) is 17.8 Å². The van der Waals surface area contributed by atoms with Crippen LogP contribution in [0.15, 0.2) is 18.2 Å². The van der Waals surface area contributed by atoms with Gasteiger partial charge in [-0.05, 0) is 39.0 Å². The number of aryl methyl sites for hydroxylation is 2. The molecule has 0 spiro atoms. The highest BCUT2D eigenvalue weighted by atomic mass is 35.5. The number of halogens is 2. The van der Waals surface area contributed by atoms with Crippen LogP contribution in [0.1, 0.15) is 28.7 Å². The van der Waals surface area contributed by atoms with Crippen molar-refractivity contribution in [3.05, 3.63) is 46.0 Å². The van der Waals surface area contributed by atoms with Gasteiger partial charge < -0.3 is 10.1 Å². The van der Waals surface area contributed by atoms with Crippen molar-refractivity contribution >= 4 is 29.2 Å². The number of ether oxygens (including phenoxy) is 1. The maximum absolute atomic E-state index is 13.0. The van der Waals surface area contributed by atoms with Gasteiger partial charge in [-0.25, -0.2) is 9.18 Å². The number of hydrogen-bond acceptors (Lipinski definition) is 4. The Hall–Kier alpha value is -2.41. The molecule has 2 aromatic rings. The molecule has 1 N–H and O–H groups in total. The molecule has 0 saturated heterocycles. The maximum atomic E-state index is 13.0.